The van der Waals surface area contributed by atoms with Crippen LogP contribution in [0.3, 0.4) is 0 Å². The summed E-state index contributed by atoms with van der Waals surface area (Å²) in [5.74, 6) is 0.0953. The van der Waals surface area contributed by atoms with Crippen LogP contribution >= 0.6 is 15.9 Å². The predicted octanol–water partition coefficient (Wildman–Crippen LogP) is 3.62. The normalized spacial score (nSPS) is 10.3. The number of nitrogens with two attached hydrogens (primary N) is 1. The van der Waals surface area contributed by atoms with E-state index in [4.69, 9.17) is 5.73 Å². The molecule has 17 heavy (non-hydrogen) atoms. The molecule has 5 heteroatoms. The van der Waals surface area contributed by atoms with Gasteiger partial charge in [-0.1, -0.05) is 6.07 Å². The first-order chi connectivity index (χ1) is 8.08. The van der Waals surface area contributed by atoms with Gasteiger partial charge in [0.15, 0.2) is 5.82 Å². The summed E-state index contributed by atoms with van der Waals surface area (Å²) in [6, 6.07) is 8.28. The Kier molecular flexibility index (Phi) is 3.28. The fourth-order valence-corrected chi connectivity index (χ4v) is 1.84. The summed E-state index contributed by atoms with van der Waals surface area (Å²) >= 11 is 3.28. The van der Waals surface area contributed by atoms with Gasteiger partial charge in [-0.25, -0.2) is 9.37 Å². The second kappa shape index (κ2) is 4.71. The van der Waals surface area contributed by atoms with Crippen molar-refractivity contribution in [2.75, 3.05) is 11.1 Å². The molecular weight excluding hydrogens is 285 g/mol. The molecule has 0 unspecified atom stereocenters. The van der Waals surface area contributed by atoms with Crippen LogP contribution in [0, 0.1) is 12.7 Å². The Bertz CT molecular complexity index is 537. The molecule has 0 aliphatic rings. The SMILES string of the molecule is Cc1ccc(N)c(Nc2c(F)cccc2Br)n1. The highest BCUT2D eigenvalue weighted by Crippen LogP contribution is 2.29. The summed E-state index contributed by atoms with van der Waals surface area (Å²) in [6.45, 7) is 1.85. The molecule has 0 aliphatic heterocycles. The van der Waals surface area contributed by atoms with Crippen LogP contribution in [0.25, 0.3) is 0 Å². The van der Waals surface area contributed by atoms with E-state index < -0.39 is 0 Å². The van der Waals surface area contributed by atoms with Gasteiger partial charge in [0, 0.05) is 10.2 Å². The lowest BCUT2D eigenvalue weighted by molar-refractivity contribution is 0.631. The van der Waals surface area contributed by atoms with Gasteiger partial charge in [-0.2, -0.15) is 0 Å². The number of hydrogen-bond donors (Lipinski definition) is 2. The van der Waals surface area contributed by atoms with Gasteiger partial charge in [0.2, 0.25) is 0 Å². The van der Waals surface area contributed by atoms with Crippen molar-refractivity contribution in [3.63, 3.8) is 0 Å². The van der Waals surface area contributed by atoms with Gasteiger partial charge in [-0.3, -0.25) is 0 Å². The van der Waals surface area contributed by atoms with Crippen molar-refractivity contribution in [3.05, 3.63) is 46.3 Å². The Hall–Kier alpha value is -1.62. The molecule has 0 fully saturated rings. The summed E-state index contributed by atoms with van der Waals surface area (Å²) in [5.41, 5.74) is 7.40. The lowest BCUT2D eigenvalue weighted by Crippen LogP contribution is -2.02. The van der Waals surface area contributed by atoms with Crippen LogP contribution in [0.1, 0.15) is 5.69 Å². The summed E-state index contributed by atoms with van der Waals surface area (Å²) in [4.78, 5) is 4.23. The minimum absolute atomic E-state index is 0.331. The largest absolute Gasteiger partial charge is 0.396 e. The van der Waals surface area contributed by atoms with Gasteiger partial charge in [0.25, 0.3) is 0 Å². The van der Waals surface area contributed by atoms with E-state index in [9.17, 15) is 4.39 Å². The Morgan fingerprint density at radius 3 is 2.76 bits per heavy atom. The maximum Gasteiger partial charge on any atom is 0.153 e. The van der Waals surface area contributed by atoms with Crippen LogP contribution in [0.15, 0.2) is 34.8 Å². The van der Waals surface area contributed by atoms with E-state index in [1.54, 1.807) is 24.3 Å². The highest BCUT2D eigenvalue weighted by molar-refractivity contribution is 9.10. The van der Waals surface area contributed by atoms with Crippen molar-refractivity contribution in [1.29, 1.82) is 0 Å². The molecule has 0 atom stereocenters. The number of pyridine rings is 1. The van der Waals surface area contributed by atoms with Crippen LogP contribution in [-0.4, -0.2) is 4.98 Å². The third-order valence-electron chi connectivity index (χ3n) is 2.27. The van der Waals surface area contributed by atoms with Crippen molar-refractivity contribution in [2.45, 2.75) is 6.92 Å². The van der Waals surface area contributed by atoms with Crippen molar-refractivity contribution in [2.24, 2.45) is 0 Å². The number of aryl methyl sites for hydroxylation is 1. The van der Waals surface area contributed by atoms with Crippen molar-refractivity contribution >= 4 is 33.1 Å². The molecule has 1 aromatic heterocycles. The van der Waals surface area contributed by atoms with E-state index in [1.165, 1.54) is 6.07 Å². The molecule has 0 bridgehead atoms. The molecule has 1 aromatic carbocycles. The lowest BCUT2D eigenvalue weighted by atomic mass is 10.3. The fourth-order valence-electron chi connectivity index (χ4n) is 1.40. The van der Waals surface area contributed by atoms with Gasteiger partial charge >= 0.3 is 0 Å². The highest BCUT2D eigenvalue weighted by atomic mass is 79.9. The van der Waals surface area contributed by atoms with Crippen LogP contribution in [0.5, 0.6) is 0 Å². The molecule has 0 saturated carbocycles. The van der Waals surface area contributed by atoms with Crippen LogP contribution in [-0.2, 0) is 0 Å². The van der Waals surface area contributed by atoms with Gasteiger partial charge < -0.3 is 11.1 Å². The van der Waals surface area contributed by atoms with E-state index in [0.29, 0.717) is 21.7 Å². The average Bonchev–Trinajstić information content (AvgIpc) is 2.28. The fraction of sp³-hybridized carbons (Fsp3) is 0.0833. The zero-order valence-corrected chi connectivity index (χ0v) is 10.8. The molecule has 88 valence electrons. The summed E-state index contributed by atoms with van der Waals surface area (Å²) in [5, 5.41) is 2.89. The Morgan fingerprint density at radius 2 is 2.06 bits per heavy atom. The number of anilines is 3. The second-order valence-corrected chi connectivity index (χ2v) is 4.47. The van der Waals surface area contributed by atoms with Gasteiger partial charge in [0.1, 0.15) is 5.82 Å². The number of nitrogen functional groups attached to an aromatic ring is 1. The first kappa shape index (κ1) is 11.9. The number of benzene rings is 1. The quantitative estimate of drug-likeness (QED) is 0.890. The Balaban J connectivity index is 2.41. The Labute approximate surface area is 107 Å². The summed E-state index contributed by atoms with van der Waals surface area (Å²) in [7, 11) is 0. The smallest absolute Gasteiger partial charge is 0.153 e. The van der Waals surface area contributed by atoms with Gasteiger partial charge in [-0.15, -0.1) is 0 Å². The monoisotopic (exact) mass is 295 g/mol. The number of nitrogens with zero attached hydrogens (tertiary/aromatic N) is 1. The molecule has 0 spiro atoms. The number of nitrogens with one attached hydrogen (secondary N) is 1. The lowest BCUT2D eigenvalue weighted by Gasteiger charge is -2.11. The molecule has 3 N–H and O–H groups in total. The molecule has 0 radical (unpaired) electrons. The first-order valence-electron chi connectivity index (χ1n) is 5.02. The molecule has 2 rings (SSSR count). The standard InChI is InChI=1S/C12H11BrFN3/c1-7-5-6-10(15)12(16-7)17-11-8(13)3-2-4-9(11)14/h2-6H,15H2,1H3,(H,16,17). The van der Waals surface area contributed by atoms with Crippen molar-refractivity contribution < 1.29 is 4.39 Å². The van der Waals surface area contributed by atoms with Crippen LogP contribution in [0.2, 0.25) is 0 Å². The summed E-state index contributed by atoms with van der Waals surface area (Å²) in [6.07, 6.45) is 0. The van der Waals surface area contributed by atoms with Gasteiger partial charge in [0.05, 0.1) is 11.4 Å². The number of hydrogen-bond acceptors (Lipinski definition) is 3. The Morgan fingerprint density at radius 1 is 1.29 bits per heavy atom. The third-order valence-corrected chi connectivity index (χ3v) is 2.93. The zero-order chi connectivity index (χ0) is 12.4. The minimum atomic E-state index is -0.359. The van der Waals surface area contributed by atoms with Crippen molar-refractivity contribution in [3.8, 4) is 0 Å². The molecule has 0 aliphatic carbocycles. The number of aromatic nitrogens is 1. The van der Waals surface area contributed by atoms with Crippen LogP contribution in [0.4, 0.5) is 21.6 Å². The number of halogens is 2. The molecule has 0 saturated heterocycles. The minimum Gasteiger partial charge on any atom is -0.396 e. The van der Waals surface area contributed by atoms with E-state index in [0.717, 1.165) is 5.69 Å². The summed E-state index contributed by atoms with van der Waals surface area (Å²) < 4.78 is 14.2. The first-order valence-corrected chi connectivity index (χ1v) is 5.81. The molecular formula is C12H11BrFN3. The maximum absolute atomic E-state index is 13.6. The van der Waals surface area contributed by atoms with E-state index in [2.05, 4.69) is 26.2 Å². The number of rotatable bonds is 2. The van der Waals surface area contributed by atoms with E-state index in [1.807, 2.05) is 6.92 Å². The maximum atomic E-state index is 13.6. The van der Waals surface area contributed by atoms with Crippen LogP contribution < -0.4 is 11.1 Å². The zero-order valence-electron chi connectivity index (χ0n) is 9.17. The predicted molar refractivity (Wildman–Crippen MR) is 70.8 cm³/mol. The second-order valence-electron chi connectivity index (χ2n) is 3.61. The molecule has 2 aromatic rings. The molecule has 1 heterocycles. The van der Waals surface area contributed by atoms with E-state index in [-0.39, 0.29) is 5.82 Å². The van der Waals surface area contributed by atoms with Gasteiger partial charge in [-0.05, 0) is 47.1 Å². The molecule has 3 nitrogen and oxygen atoms in total. The highest BCUT2D eigenvalue weighted by Gasteiger charge is 2.09. The molecule has 0 amide bonds. The number of para-hydroxylation sites is 1. The van der Waals surface area contributed by atoms with Crippen molar-refractivity contribution in [1.82, 2.24) is 4.98 Å². The van der Waals surface area contributed by atoms with E-state index >= 15 is 0 Å². The topological polar surface area (TPSA) is 50.9 Å². The average molecular weight is 296 g/mol. The third kappa shape index (κ3) is 2.55.